The molecular weight excluding hydrogens is 160 g/mol. The number of hydrogen-bond acceptors (Lipinski definition) is 3. The van der Waals surface area contributed by atoms with Gasteiger partial charge in [0.25, 0.3) is 0 Å². The highest BCUT2D eigenvalue weighted by atomic mass is 32.1. The highest BCUT2D eigenvalue weighted by molar-refractivity contribution is 7.16. The molecule has 0 unspecified atom stereocenters. The van der Waals surface area contributed by atoms with Crippen molar-refractivity contribution in [3.8, 4) is 0 Å². The SMILES string of the molecule is Cc1cccc2oc(=O)sc12. The van der Waals surface area contributed by atoms with Gasteiger partial charge in [-0.2, -0.15) is 0 Å². The average molecular weight is 166 g/mol. The van der Waals surface area contributed by atoms with E-state index in [1.54, 1.807) is 6.07 Å². The van der Waals surface area contributed by atoms with Gasteiger partial charge in [-0.1, -0.05) is 23.5 Å². The Labute approximate surface area is 67.1 Å². The molecule has 0 N–H and O–H groups in total. The Morgan fingerprint density at radius 1 is 1.45 bits per heavy atom. The Hall–Kier alpha value is -1.09. The molecule has 0 fully saturated rings. The molecule has 2 nitrogen and oxygen atoms in total. The smallest absolute Gasteiger partial charge is 0.396 e. The van der Waals surface area contributed by atoms with Crippen LogP contribution in [0.2, 0.25) is 0 Å². The van der Waals surface area contributed by atoms with Gasteiger partial charge < -0.3 is 4.42 Å². The van der Waals surface area contributed by atoms with Gasteiger partial charge in [0.1, 0.15) is 5.58 Å². The molecule has 2 rings (SSSR count). The first kappa shape index (κ1) is 6.61. The van der Waals surface area contributed by atoms with Crippen molar-refractivity contribution in [1.29, 1.82) is 0 Å². The van der Waals surface area contributed by atoms with Gasteiger partial charge in [-0.25, -0.2) is 4.79 Å². The quantitative estimate of drug-likeness (QED) is 0.600. The number of aryl methyl sites for hydroxylation is 1. The van der Waals surface area contributed by atoms with E-state index >= 15 is 0 Å². The lowest BCUT2D eigenvalue weighted by Gasteiger charge is -1.88. The van der Waals surface area contributed by atoms with Crippen LogP contribution in [0.25, 0.3) is 10.3 Å². The molecule has 0 amide bonds. The van der Waals surface area contributed by atoms with E-state index in [0.29, 0.717) is 5.58 Å². The van der Waals surface area contributed by atoms with Crippen LogP contribution in [-0.4, -0.2) is 0 Å². The minimum Gasteiger partial charge on any atom is -0.414 e. The van der Waals surface area contributed by atoms with Crippen LogP contribution in [0, 0.1) is 6.92 Å². The molecule has 1 heterocycles. The van der Waals surface area contributed by atoms with Crippen LogP contribution in [0.3, 0.4) is 0 Å². The number of rotatable bonds is 0. The van der Waals surface area contributed by atoms with E-state index in [4.69, 9.17) is 4.42 Å². The van der Waals surface area contributed by atoms with Crippen molar-refractivity contribution in [2.45, 2.75) is 6.92 Å². The third-order valence-electron chi connectivity index (χ3n) is 1.55. The molecule has 0 saturated carbocycles. The third-order valence-corrected chi connectivity index (χ3v) is 2.53. The first-order valence-electron chi connectivity index (χ1n) is 3.26. The maximum absolute atomic E-state index is 10.8. The minimum atomic E-state index is -0.227. The third kappa shape index (κ3) is 0.973. The molecule has 0 aliphatic rings. The van der Waals surface area contributed by atoms with E-state index in [-0.39, 0.29) is 4.94 Å². The van der Waals surface area contributed by atoms with Crippen molar-refractivity contribution in [3.05, 3.63) is 33.5 Å². The van der Waals surface area contributed by atoms with E-state index in [2.05, 4.69) is 0 Å². The molecule has 0 bridgehead atoms. The zero-order valence-electron chi connectivity index (χ0n) is 5.96. The maximum Gasteiger partial charge on any atom is 0.396 e. The first-order chi connectivity index (χ1) is 5.27. The molecule has 0 spiro atoms. The highest BCUT2D eigenvalue weighted by Crippen LogP contribution is 2.19. The van der Waals surface area contributed by atoms with Gasteiger partial charge in [0.2, 0.25) is 0 Å². The Bertz CT molecular complexity index is 439. The molecule has 11 heavy (non-hydrogen) atoms. The molecule has 0 radical (unpaired) electrons. The zero-order valence-corrected chi connectivity index (χ0v) is 6.77. The monoisotopic (exact) mass is 166 g/mol. The number of fused-ring (bicyclic) bond motifs is 1. The molecule has 0 aliphatic heterocycles. The van der Waals surface area contributed by atoms with E-state index in [1.807, 2.05) is 19.1 Å². The summed E-state index contributed by atoms with van der Waals surface area (Å²) in [5, 5.41) is 0. The topological polar surface area (TPSA) is 30.2 Å². The van der Waals surface area contributed by atoms with Crippen LogP contribution >= 0.6 is 11.3 Å². The van der Waals surface area contributed by atoms with Gasteiger partial charge in [0.05, 0.1) is 4.70 Å². The summed E-state index contributed by atoms with van der Waals surface area (Å²) in [4.78, 5) is 10.6. The lowest BCUT2D eigenvalue weighted by Crippen LogP contribution is -1.79. The van der Waals surface area contributed by atoms with Gasteiger partial charge in [-0.15, -0.1) is 0 Å². The summed E-state index contributed by atoms with van der Waals surface area (Å²) in [5.41, 5.74) is 1.79. The van der Waals surface area contributed by atoms with Gasteiger partial charge in [0, 0.05) is 0 Å². The summed E-state index contributed by atoms with van der Waals surface area (Å²) >= 11 is 1.16. The summed E-state index contributed by atoms with van der Waals surface area (Å²) in [7, 11) is 0. The van der Waals surface area contributed by atoms with Gasteiger partial charge in [0.15, 0.2) is 0 Å². The summed E-state index contributed by atoms with van der Waals surface area (Å²) in [6, 6.07) is 5.65. The minimum absolute atomic E-state index is 0.227. The van der Waals surface area contributed by atoms with E-state index in [0.717, 1.165) is 21.6 Å². The molecule has 0 aliphatic carbocycles. The first-order valence-corrected chi connectivity index (χ1v) is 4.08. The number of benzene rings is 1. The van der Waals surface area contributed by atoms with Crippen LogP contribution in [0.4, 0.5) is 0 Å². The Kier molecular flexibility index (Phi) is 1.32. The molecule has 1 aromatic carbocycles. The largest absolute Gasteiger partial charge is 0.414 e. The van der Waals surface area contributed by atoms with Crippen molar-refractivity contribution < 1.29 is 4.42 Å². The molecule has 56 valence electrons. The van der Waals surface area contributed by atoms with Gasteiger partial charge in [-0.05, 0) is 18.6 Å². The molecular formula is C8H6O2S. The normalized spacial score (nSPS) is 10.6. The Morgan fingerprint density at radius 3 is 3.00 bits per heavy atom. The summed E-state index contributed by atoms with van der Waals surface area (Å²) < 4.78 is 5.87. The molecule has 0 atom stereocenters. The summed E-state index contributed by atoms with van der Waals surface area (Å²) in [6.07, 6.45) is 0. The molecule has 3 heteroatoms. The van der Waals surface area contributed by atoms with Crippen molar-refractivity contribution in [2.24, 2.45) is 0 Å². The fourth-order valence-electron chi connectivity index (χ4n) is 1.03. The van der Waals surface area contributed by atoms with Crippen LogP contribution in [0.15, 0.2) is 27.4 Å². The Balaban J connectivity index is 3.01. The summed E-state index contributed by atoms with van der Waals surface area (Å²) in [5.74, 6) is 0. The predicted octanol–water partition coefficient (Wildman–Crippen LogP) is 2.16. The van der Waals surface area contributed by atoms with E-state index < -0.39 is 0 Å². The van der Waals surface area contributed by atoms with Gasteiger partial charge >= 0.3 is 4.94 Å². The number of hydrogen-bond donors (Lipinski definition) is 0. The Morgan fingerprint density at radius 2 is 2.27 bits per heavy atom. The van der Waals surface area contributed by atoms with Crippen molar-refractivity contribution in [3.63, 3.8) is 0 Å². The van der Waals surface area contributed by atoms with E-state index in [1.165, 1.54) is 0 Å². The fraction of sp³-hybridized carbons (Fsp3) is 0.125. The van der Waals surface area contributed by atoms with Gasteiger partial charge in [-0.3, -0.25) is 0 Å². The lowest BCUT2D eigenvalue weighted by atomic mass is 10.2. The molecule has 0 saturated heterocycles. The van der Waals surface area contributed by atoms with Crippen molar-refractivity contribution in [2.75, 3.05) is 0 Å². The maximum atomic E-state index is 10.8. The fourth-order valence-corrected chi connectivity index (χ4v) is 1.77. The second-order valence-electron chi connectivity index (χ2n) is 2.36. The van der Waals surface area contributed by atoms with Crippen LogP contribution in [0.5, 0.6) is 0 Å². The average Bonchev–Trinajstić information content (AvgIpc) is 2.31. The molecule has 2 aromatic rings. The highest BCUT2D eigenvalue weighted by Gasteiger charge is 2.01. The predicted molar refractivity (Wildman–Crippen MR) is 45.1 cm³/mol. The van der Waals surface area contributed by atoms with Crippen molar-refractivity contribution in [1.82, 2.24) is 0 Å². The van der Waals surface area contributed by atoms with Crippen LogP contribution in [0.1, 0.15) is 5.56 Å². The van der Waals surface area contributed by atoms with E-state index in [9.17, 15) is 4.79 Å². The summed E-state index contributed by atoms with van der Waals surface area (Å²) in [6.45, 7) is 1.97. The standard InChI is InChI=1S/C8H6O2S/c1-5-3-2-4-6-7(5)11-8(9)10-6/h2-4H,1H3. The van der Waals surface area contributed by atoms with Crippen molar-refractivity contribution >= 4 is 21.6 Å². The van der Waals surface area contributed by atoms with Crippen LogP contribution < -0.4 is 4.94 Å². The zero-order chi connectivity index (χ0) is 7.84. The van der Waals surface area contributed by atoms with Crippen LogP contribution in [-0.2, 0) is 0 Å². The second kappa shape index (κ2) is 2.20. The molecule has 1 aromatic heterocycles. The lowest BCUT2D eigenvalue weighted by molar-refractivity contribution is 0.585. The second-order valence-corrected chi connectivity index (χ2v) is 3.30.